The van der Waals surface area contributed by atoms with Crippen LogP contribution in [0, 0.1) is 0 Å². The molecule has 1 aliphatic carbocycles. The van der Waals surface area contributed by atoms with Crippen molar-refractivity contribution in [1.29, 1.82) is 0 Å². The topological polar surface area (TPSA) is 61.3 Å². The molecule has 0 aromatic carbocycles. The van der Waals surface area contributed by atoms with Gasteiger partial charge in [0.15, 0.2) is 11.7 Å². The highest BCUT2D eigenvalue weighted by molar-refractivity contribution is 5.11. The Balaban J connectivity index is 2.10. The van der Waals surface area contributed by atoms with Crippen LogP contribution in [0.5, 0.6) is 0 Å². The molecule has 0 amide bonds. The maximum Gasteiger partial charge on any atom is 0.197 e. The molecule has 1 aliphatic rings. The van der Waals surface area contributed by atoms with E-state index in [4.69, 9.17) is 14.9 Å². The third kappa shape index (κ3) is 2.87. The molecule has 0 spiro atoms. The van der Waals surface area contributed by atoms with Crippen molar-refractivity contribution in [3.8, 4) is 0 Å². The second kappa shape index (κ2) is 5.65. The molecular formula is C13H22N2O2. The molecule has 4 heteroatoms. The molecule has 17 heavy (non-hydrogen) atoms. The molecular weight excluding hydrogens is 216 g/mol. The predicted molar refractivity (Wildman–Crippen MR) is 65.8 cm³/mol. The number of nitrogens with two attached hydrogens (primary N) is 1. The van der Waals surface area contributed by atoms with Crippen molar-refractivity contribution >= 4 is 0 Å². The van der Waals surface area contributed by atoms with E-state index in [2.05, 4.69) is 11.9 Å². The second-order valence-electron chi connectivity index (χ2n) is 4.82. The Labute approximate surface area is 103 Å². The summed E-state index contributed by atoms with van der Waals surface area (Å²) < 4.78 is 11.0. The van der Waals surface area contributed by atoms with E-state index >= 15 is 0 Å². The summed E-state index contributed by atoms with van der Waals surface area (Å²) in [7, 11) is 1.68. The summed E-state index contributed by atoms with van der Waals surface area (Å²) in [6, 6.07) is 0.366. The summed E-state index contributed by atoms with van der Waals surface area (Å²) in [5.74, 6) is 2.23. The molecule has 1 aromatic heterocycles. The normalized spacial score (nSPS) is 25.1. The summed E-state index contributed by atoms with van der Waals surface area (Å²) in [4.78, 5) is 4.61. The van der Waals surface area contributed by atoms with E-state index in [0.29, 0.717) is 18.6 Å². The van der Waals surface area contributed by atoms with E-state index in [1.54, 1.807) is 7.11 Å². The fourth-order valence-electron chi connectivity index (χ4n) is 2.46. The van der Waals surface area contributed by atoms with Crippen LogP contribution in [0.3, 0.4) is 0 Å². The maximum atomic E-state index is 5.91. The Bertz CT molecular complexity index is 354. The van der Waals surface area contributed by atoms with Gasteiger partial charge in [-0.15, -0.1) is 0 Å². The van der Waals surface area contributed by atoms with Gasteiger partial charge in [0.25, 0.3) is 0 Å². The third-order valence-electron chi connectivity index (χ3n) is 3.53. The number of hydrogen-bond acceptors (Lipinski definition) is 4. The SMILES string of the molecule is CCc1nc(C2CCC(N)CC2)oc1COC. The largest absolute Gasteiger partial charge is 0.443 e. The Morgan fingerprint density at radius 3 is 2.65 bits per heavy atom. The minimum atomic E-state index is 0.366. The number of rotatable bonds is 4. The van der Waals surface area contributed by atoms with Gasteiger partial charge in [0.2, 0.25) is 0 Å². The van der Waals surface area contributed by atoms with Crippen LogP contribution >= 0.6 is 0 Å². The van der Waals surface area contributed by atoms with E-state index in [0.717, 1.165) is 49.4 Å². The lowest BCUT2D eigenvalue weighted by molar-refractivity contribution is 0.160. The molecule has 0 unspecified atom stereocenters. The minimum Gasteiger partial charge on any atom is -0.443 e. The Hall–Kier alpha value is -0.870. The standard InChI is InChI=1S/C13H22N2O2/c1-3-11-12(8-16-2)17-13(15-11)9-4-6-10(14)7-5-9/h9-10H,3-8,14H2,1-2H3. The summed E-state index contributed by atoms with van der Waals surface area (Å²) in [6.07, 6.45) is 5.24. The highest BCUT2D eigenvalue weighted by atomic mass is 16.5. The first kappa shape index (κ1) is 12.6. The van der Waals surface area contributed by atoms with Crippen molar-refractivity contribution in [3.63, 3.8) is 0 Å². The van der Waals surface area contributed by atoms with Crippen molar-refractivity contribution in [1.82, 2.24) is 4.98 Å². The molecule has 1 fully saturated rings. The molecule has 2 rings (SSSR count). The highest BCUT2D eigenvalue weighted by Gasteiger charge is 2.25. The fourth-order valence-corrected chi connectivity index (χ4v) is 2.46. The van der Waals surface area contributed by atoms with Crippen LogP contribution in [-0.2, 0) is 17.8 Å². The van der Waals surface area contributed by atoms with E-state index in [-0.39, 0.29) is 0 Å². The third-order valence-corrected chi connectivity index (χ3v) is 3.53. The number of methoxy groups -OCH3 is 1. The summed E-state index contributed by atoms with van der Waals surface area (Å²) in [5, 5.41) is 0. The zero-order valence-electron chi connectivity index (χ0n) is 10.7. The van der Waals surface area contributed by atoms with Gasteiger partial charge in [0.05, 0.1) is 5.69 Å². The smallest absolute Gasteiger partial charge is 0.197 e. The fraction of sp³-hybridized carbons (Fsp3) is 0.769. The molecule has 1 aromatic rings. The Morgan fingerprint density at radius 1 is 1.35 bits per heavy atom. The van der Waals surface area contributed by atoms with Gasteiger partial charge in [0, 0.05) is 19.1 Å². The second-order valence-corrected chi connectivity index (χ2v) is 4.82. The monoisotopic (exact) mass is 238 g/mol. The van der Waals surface area contributed by atoms with Gasteiger partial charge in [0.1, 0.15) is 6.61 Å². The van der Waals surface area contributed by atoms with Crippen LogP contribution in [-0.4, -0.2) is 18.1 Å². The molecule has 2 N–H and O–H groups in total. The quantitative estimate of drug-likeness (QED) is 0.874. The van der Waals surface area contributed by atoms with Crippen LogP contribution in [0.4, 0.5) is 0 Å². The average molecular weight is 238 g/mol. The summed E-state index contributed by atoms with van der Waals surface area (Å²) in [6.45, 7) is 2.61. The molecule has 1 heterocycles. The minimum absolute atomic E-state index is 0.366. The van der Waals surface area contributed by atoms with Gasteiger partial charge in [-0.3, -0.25) is 0 Å². The lowest BCUT2D eigenvalue weighted by atomic mass is 9.86. The van der Waals surface area contributed by atoms with Crippen molar-refractivity contribution < 1.29 is 9.15 Å². The molecule has 0 aliphatic heterocycles. The lowest BCUT2D eigenvalue weighted by Crippen LogP contribution is -2.25. The molecule has 4 nitrogen and oxygen atoms in total. The van der Waals surface area contributed by atoms with E-state index < -0.39 is 0 Å². The molecule has 96 valence electrons. The van der Waals surface area contributed by atoms with Crippen molar-refractivity contribution in [3.05, 3.63) is 17.3 Å². The number of aromatic nitrogens is 1. The van der Waals surface area contributed by atoms with E-state index in [1.807, 2.05) is 0 Å². The van der Waals surface area contributed by atoms with Crippen LogP contribution in [0.1, 0.15) is 55.9 Å². The van der Waals surface area contributed by atoms with Gasteiger partial charge < -0.3 is 14.9 Å². The van der Waals surface area contributed by atoms with E-state index in [9.17, 15) is 0 Å². The average Bonchev–Trinajstić information content (AvgIpc) is 2.74. The Morgan fingerprint density at radius 2 is 2.06 bits per heavy atom. The molecule has 0 radical (unpaired) electrons. The van der Waals surface area contributed by atoms with Crippen molar-refractivity contribution in [2.24, 2.45) is 5.73 Å². The molecule has 0 bridgehead atoms. The first-order valence-electron chi connectivity index (χ1n) is 6.47. The van der Waals surface area contributed by atoms with Crippen LogP contribution in [0.2, 0.25) is 0 Å². The Kier molecular flexibility index (Phi) is 4.18. The zero-order valence-corrected chi connectivity index (χ0v) is 10.7. The number of aryl methyl sites for hydroxylation is 1. The first-order valence-corrected chi connectivity index (χ1v) is 6.47. The molecule has 1 saturated carbocycles. The summed E-state index contributed by atoms with van der Waals surface area (Å²) in [5.41, 5.74) is 6.95. The van der Waals surface area contributed by atoms with Gasteiger partial charge in [-0.1, -0.05) is 6.92 Å². The van der Waals surface area contributed by atoms with Crippen LogP contribution in [0.25, 0.3) is 0 Å². The van der Waals surface area contributed by atoms with Gasteiger partial charge in [-0.25, -0.2) is 4.98 Å². The van der Waals surface area contributed by atoms with Crippen molar-refractivity contribution in [2.75, 3.05) is 7.11 Å². The highest BCUT2D eigenvalue weighted by Crippen LogP contribution is 2.32. The zero-order chi connectivity index (χ0) is 12.3. The van der Waals surface area contributed by atoms with Crippen molar-refractivity contribution in [2.45, 2.75) is 57.6 Å². The number of oxazole rings is 1. The number of ether oxygens (including phenoxy) is 1. The van der Waals surface area contributed by atoms with Gasteiger partial charge in [-0.2, -0.15) is 0 Å². The number of nitrogens with zero attached hydrogens (tertiary/aromatic N) is 1. The summed E-state index contributed by atoms with van der Waals surface area (Å²) >= 11 is 0. The van der Waals surface area contributed by atoms with Gasteiger partial charge >= 0.3 is 0 Å². The van der Waals surface area contributed by atoms with Gasteiger partial charge in [-0.05, 0) is 32.1 Å². The van der Waals surface area contributed by atoms with E-state index in [1.165, 1.54) is 0 Å². The number of hydrogen-bond donors (Lipinski definition) is 1. The first-order chi connectivity index (χ1) is 8.24. The maximum absolute atomic E-state index is 5.91. The molecule has 0 saturated heterocycles. The van der Waals surface area contributed by atoms with Crippen LogP contribution in [0.15, 0.2) is 4.42 Å². The van der Waals surface area contributed by atoms with Crippen LogP contribution < -0.4 is 5.73 Å². The lowest BCUT2D eigenvalue weighted by Gasteiger charge is -2.23. The molecule has 0 atom stereocenters. The predicted octanol–water partition coefficient (Wildman–Crippen LogP) is 2.37.